The van der Waals surface area contributed by atoms with Crippen LogP contribution in [0.1, 0.15) is 6.42 Å². The van der Waals surface area contributed by atoms with E-state index < -0.39 is 6.03 Å². The number of hydrogen-bond acceptors (Lipinski definition) is 2. The average Bonchev–Trinajstić information content (AvgIpc) is 2.89. The number of nitrogens with zero attached hydrogens (tertiary/aromatic N) is 3. The van der Waals surface area contributed by atoms with Crippen molar-refractivity contribution < 1.29 is 9.59 Å². The molecule has 1 aromatic heterocycles. The lowest BCUT2D eigenvalue weighted by atomic mass is 10.1. The molecule has 4 rings (SSSR count). The highest BCUT2D eigenvalue weighted by molar-refractivity contribution is 5.89. The highest BCUT2D eigenvalue weighted by atomic mass is 16.2. The summed E-state index contributed by atoms with van der Waals surface area (Å²) in [6.07, 6.45) is 0.743. The highest BCUT2D eigenvalue weighted by Gasteiger charge is 2.22. The van der Waals surface area contributed by atoms with Crippen LogP contribution in [0.25, 0.3) is 22.2 Å². The minimum absolute atomic E-state index is 0.0601. The predicted molar refractivity (Wildman–Crippen MR) is 110 cm³/mol. The Morgan fingerprint density at radius 1 is 0.857 bits per heavy atom. The normalized spacial score (nSPS) is 14.9. The van der Waals surface area contributed by atoms with Crippen molar-refractivity contribution in [2.75, 3.05) is 26.2 Å². The van der Waals surface area contributed by atoms with Gasteiger partial charge in [-0.2, -0.15) is 0 Å². The zero-order valence-corrected chi connectivity index (χ0v) is 15.8. The second kappa shape index (κ2) is 7.76. The van der Waals surface area contributed by atoms with Crippen molar-refractivity contribution in [2.45, 2.75) is 13.0 Å². The Morgan fingerprint density at radius 2 is 1.54 bits per heavy atom. The maximum Gasteiger partial charge on any atom is 0.314 e. The lowest BCUT2D eigenvalue weighted by Gasteiger charge is -2.22. The second-order valence-electron chi connectivity index (χ2n) is 7.10. The van der Waals surface area contributed by atoms with E-state index in [1.807, 2.05) is 41.3 Å². The number of rotatable bonds is 3. The summed E-state index contributed by atoms with van der Waals surface area (Å²) in [6, 6.07) is 20.0. The van der Waals surface area contributed by atoms with Gasteiger partial charge in [0.05, 0.1) is 0 Å². The Labute approximate surface area is 164 Å². The van der Waals surface area contributed by atoms with E-state index >= 15 is 0 Å². The number of nitrogens with two attached hydrogens (primary N) is 1. The van der Waals surface area contributed by atoms with E-state index in [0.29, 0.717) is 26.2 Å². The van der Waals surface area contributed by atoms with Gasteiger partial charge in [-0.25, -0.2) is 4.79 Å². The molecule has 1 aliphatic rings. The molecule has 3 aromatic rings. The summed E-state index contributed by atoms with van der Waals surface area (Å²) in [5, 5.41) is 1.12. The quantitative estimate of drug-likeness (QED) is 0.763. The molecule has 1 fully saturated rings. The minimum atomic E-state index is -0.419. The van der Waals surface area contributed by atoms with Crippen LogP contribution in [-0.4, -0.2) is 52.5 Å². The first-order chi connectivity index (χ1) is 13.6. The number of hydrogen-bond donors (Lipinski definition) is 1. The molecule has 6 nitrogen and oxygen atoms in total. The van der Waals surface area contributed by atoms with Gasteiger partial charge in [0.1, 0.15) is 6.54 Å². The third-order valence-electron chi connectivity index (χ3n) is 5.33. The maximum absolute atomic E-state index is 13.1. The van der Waals surface area contributed by atoms with E-state index in [9.17, 15) is 9.59 Å². The number of aromatic nitrogens is 1. The topological polar surface area (TPSA) is 71.6 Å². The van der Waals surface area contributed by atoms with Crippen LogP contribution in [0.5, 0.6) is 0 Å². The van der Waals surface area contributed by atoms with E-state index in [2.05, 4.69) is 28.8 Å². The fourth-order valence-corrected chi connectivity index (χ4v) is 3.85. The molecule has 6 heteroatoms. The molecule has 1 aliphatic heterocycles. The third kappa shape index (κ3) is 3.58. The Bertz CT molecular complexity index is 996. The highest BCUT2D eigenvalue weighted by Crippen LogP contribution is 2.28. The Balaban J connectivity index is 1.62. The lowest BCUT2D eigenvalue weighted by molar-refractivity contribution is -0.131. The molecule has 2 heterocycles. The summed E-state index contributed by atoms with van der Waals surface area (Å²) in [5.41, 5.74) is 8.56. The second-order valence-corrected chi connectivity index (χ2v) is 7.10. The summed E-state index contributed by atoms with van der Waals surface area (Å²) in [6.45, 7) is 2.51. The average molecular weight is 376 g/mol. The van der Waals surface area contributed by atoms with Crippen LogP contribution in [0.2, 0.25) is 0 Å². The Kier molecular flexibility index (Phi) is 5.02. The van der Waals surface area contributed by atoms with Gasteiger partial charge in [0.25, 0.3) is 0 Å². The van der Waals surface area contributed by atoms with Gasteiger partial charge in [-0.05, 0) is 24.1 Å². The van der Waals surface area contributed by atoms with Crippen molar-refractivity contribution in [3.05, 3.63) is 60.7 Å². The van der Waals surface area contributed by atoms with Crippen molar-refractivity contribution in [1.82, 2.24) is 14.4 Å². The molecule has 2 aromatic carbocycles. The van der Waals surface area contributed by atoms with Crippen molar-refractivity contribution in [3.8, 4) is 11.3 Å². The SMILES string of the molecule is NC(=O)N1CCCN(C(=O)Cn2c(-c3ccccc3)cc3ccccc32)CC1. The number of benzene rings is 2. The van der Waals surface area contributed by atoms with Gasteiger partial charge in [0.2, 0.25) is 5.91 Å². The van der Waals surface area contributed by atoms with E-state index in [1.165, 1.54) is 0 Å². The molecule has 0 atom stereocenters. The first-order valence-electron chi connectivity index (χ1n) is 9.59. The summed E-state index contributed by atoms with van der Waals surface area (Å²) < 4.78 is 2.09. The fraction of sp³-hybridized carbons (Fsp3) is 0.273. The number of amides is 3. The predicted octanol–water partition coefficient (Wildman–Crippen LogP) is 2.92. The lowest BCUT2D eigenvalue weighted by Crippen LogP contribution is -2.40. The molecule has 0 bridgehead atoms. The molecule has 0 saturated carbocycles. The van der Waals surface area contributed by atoms with Gasteiger partial charge in [0.15, 0.2) is 0 Å². The molecule has 2 N–H and O–H groups in total. The number of fused-ring (bicyclic) bond motifs is 1. The largest absolute Gasteiger partial charge is 0.351 e. The monoisotopic (exact) mass is 376 g/mol. The van der Waals surface area contributed by atoms with Crippen molar-refractivity contribution in [3.63, 3.8) is 0 Å². The summed E-state index contributed by atoms with van der Waals surface area (Å²) >= 11 is 0. The van der Waals surface area contributed by atoms with E-state index in [4.69, 9.17) is 5.73 Å². The molecule has 144 valence electrons. The van der Waals surface area contributed by atoms with Crippen molar-refractivity contribution in [1.29, 1.82) is 0 Å². The smallest absolute Gasteiger partial charge is 0.314 e. The molecule has 1 saturated heterocycles. The van der Waals surface area contributed by atoms with Crippen LogP contribution in [-0.2, 0) is 11.3 Å². The molecule has 0 aliphatic carbocycles. The first kappa shape index (κ1) is 18.1. The number of urea groups is 1. The van der Waals surface area contributed by atoms with Crippen molar-refractivity contribution in [2.24, 2.45) is 5.73 Å². The first-order valence-corrected chi connectivity index (χ1v) is 9.59. The van der Waals surface area contributed by atoms with Crippen LogP contribution in [0.15, 0.2) is 60.7 Å². The molecule has 28 heavy (non-hydrogen) atoms. The van der Waals surface area contributed by atoms with Gasteiger partial charge in [-0.1, -0.05) is 48.5 Å². The summed E-state index contributed by atoms with van der Waals surface area (Å²) in [5.74, 6) is 0.0601. The minimum Gasteiger partial charge on any atom is -0.351 e. The van der Waals surface area contributed by atoms with Crippen LogP contribution in [0.4, 0.5) is 4.79 Å². The van der Waals surface area contributed by atoms with E-state index in [0.717, 1.165) is 28.6 Å². The zero-order chi connectivity index (χ0) is 19.5. The standard InChI is InChI=1S/C22H24N4O2/c23-22(28)25-12-6-11-24(13-14-25)21(27)16-26-19-10-5-4-9-18(19)15-20(26)17-7-2-1-3-8-17/h1-5,7-10,15H,6,11-14,16H2,(H2,23,28). The number of primary amides is 1. The Morgan fingerprint density at radius 3 is 2.32 bits per heavy atom. The molecule has 0 radical (unpaired) electrons. The number of para-hydroxylation sites is 1. The zero-order valence-electron chi connectivity index (χ0n) is 15.8. The van der Waals surface area contributed by atoms with Crippen LogP contribution in [0, 0.1) is 0 Å². The molecule has 0 spiro atoms. The third-order valence-corrected chi connectivity index (χ3v) is 5.33. The number of carbonyl (C=O) groups is 2. The maximum atomic E-state index is 13.1. The van der Waals surface area contributed by atoms with Gasteiger partial charge in [0, 0.05) is 42.8 Å². The summed E-state index contributed by atoms with van der Waals surface area (Å²) in [7, 11) is 0. The Hall–Kier alpha value is -3.28. The molecular formula is C22H24N4O2. The van der Waals surface area contributed by atoms with Crippen LogP contribution < -0.4 is 5.73 Å². The van der Waals surface area contributed by atoms with Crippen molar-refractivity contribution >= 4 is 22.8 Å². The fourth-order valence-electron chi connectivity index (χ4n) is 3.85. The molecule has 0 unspecified atom stereocenters. The van der Waals surface area contributed by atoms with Crippen LogP contribution in [0.3, 0.4) is 0 Å². The van der Waals surface area contributed by atoms with Gasteiger partial charge < -0.3 is 20.1 Å². The van der Waals surface area contributed by atoms with Gasteiger partial charge >= 0.3 is 6.03 Å². The van der Waals surface area contributed by atoms with Gasteiger partial charge in [-0.15, -0.1) is 0 Å². The van der Waals surface area contributed by atoms with Gasteiger partial charge in [-0.3, -0.25) is 4.79 Å². The van der Waals surface area contributed by atoms with E-state index in [1.54, 1.807) is 4.90 Å². The number of carbonyl (C=O) groups excluding carboxylic acids is 2. The summed E-state index contributed by atoms with van der Waals surface area (Å²) in [4.78, 5) is 28.0. The molecule has 3 amide bonds. The molecular weight excluding hydrogens is 352 g/mol. The van der Waals surface area contributed by atoms with E-state index in [-0.39, 0.29) is 12.5 Å². The van der Waals surface area contributed by atoms with Crippen LogP contribution >= 0.6 is 0 Å².